The van der Waals surface area contributed by atoms with E-state index >= 15 is 0 Å². The van der Waals surface area contributed by atoms with Gasteiger partial charge >= 0.3 is 0 Å². The van der Waals surface area contributed by atoms with Gasteiger partial charge < -0.3 is 19.3 Å². The molecule has 3 rings (SSSR count). The van der Waals surface area contributed by atoms with Crippen LogP contribution in [0, 0.1) is 0 Å². The van der Waals surface area contributed by atoms with Crippen molar-refractivity contribution in [3.05, 3.63) is 0 Å². The number of nitrogens with zero attached hydrogens (tertiary/aromatic N) is 2. The Kier molecular flexibility index (Phi) is 4.29. The van der Waals surface area contributed by atoms with E-state index in [1.807, 2.05) is 0 Å². The molecule has 20 heavy (non-hydrogen) atoms. The first-order chi connectivity index (χ1) is 9.71. The predicted octanol–water partition coefficient (Wildman–Crippen LogP) is 0.879. The molecule has 1 unspecified atom stereocenters. The molecule has 2 saturated heterocycles. The molecule has 0 N–H and O–H groups in total. The summed E-state index contributed by atoms with van der Waals surface area (Å²) in [4.78, 5) is 17.3. The van der Waals surface area contributed by atoms with Crippen LogP contribution < -0.4 is 0 Å². The van der Waals surface area contributed by atoms with Crippen molar-refractivity contribution in [2.75, 3.05) is 46.5 Å². The van der Waals surface area contributed by atoms with E-state index in [0.29, 0.717) is 19.8 Å². The van der Waals surface area contributed by atoms with E-state index in [9.17, 15) is 4.79 Å². The van der Waals surface area contributed by atoms with Crippen LogP contribution in [0.25, 0.3) is 0 Å². The van der Waals surface area contributed by atoms with Crippen molar-refractivity contribution in [3.63, 3.8) is 0 Å². The first kappa shape index (κ1) is 14.3. The number of carbonyl (C=O) groups excluding carboxylic acids is 1. The molecule has 0 radical (unpaired) electrons. The van der Waals surface area contributed by atoms with Crippen molar-refractivity contribution in [1.29, 1.82) is 0 Å². The molecule has 5 heteroatoms. The summed E-state index contributed by atoms with van der Waals surface area (Å²) in [5, 5.41) is 0. The number of rotatable bonds is 1. The number of piperazine rings is 1. The molecular weight excluding hydrogens is 256 g/mol. The summed E-state index contributed by atoms with van der Waals surface area (Å²) in [7, 11) is 2.17. The fourth-order valence-corrected chi connectivity index (χ4v) is 3.96. The maximum absolute atomic E-state index is 12.8. The summed E-state index contributed by atoms with van der Waals surface area (Å²) in [5.41, 5.74) is 0.0448. The van der Waals surface area contributed by atoms with Gasteiger partial charge in [-0.3, -0.25) is 4.79 Å². The largest absolute Gasteiger partial charge is 0.376 e. The monoisotopic (exact) mass is 282 g/mol. The lowest BCUT2D eigenvalue weighted by Crippen LogP contribution is -2.66. The predicted molar refractivity (Wildman–Crippen MR) is 75.6 cm³/mol. The third kappa shape index (κ3) is 2.71. The molecule has 0 aromatic heterocycles. The molecule has 1 aliphatic carbocycles. The smallest absolute Gasteiger partial charge is 0.254 e. The van der Waals surface area contributed by atoms with Crippen LogP contribution in [0.1, 0.15) is 32.1 Å². The maximum Gasteiger partial charge on any atom is 0.254 e. The number of carbonyl (C=O) groups is 1. The van der Waals surface area contributed by atoms with E-state index in [1.54, 1.807) is 0 Å². The Labute approximate surface area is 121 Å². The van der Waals surface area contributed by atoms with Gasteiger partial charge in [-0.2, -0.15) is 0 Å². The molecule has 114 valence electrons. The Morgan fingerprint density at radius 2 is 1.95 bits per heavy atom. The van der Waals surface area contributed by atoms with Crippen LogP contribution in [0.4, 0.5) is 0 Å². The van der Waals surface area contributed by atoms with E-state index in [4.69, 9.17) is 9.47 Å². The molecule has 0 aromatic rings. The fraction of sp³-hybridized carbons (Fsp3) is 0.933. The molecule has 0 bridgehead atoms. The van der Waals surface area contributed by atoms with Crippen molar-refractivity contribution < 1.29 is 14.3 Å². The number of likely N-dealkylation sites (N-methyl/N-ethyl adjacent to an activating group) is 1. The molecule has 3 fully saturated rings. The van der Waals surface area contributed by atoms with Crippen LogP contribution in [0.2, 0.25) is 0 Å². The van der Waals surface area contributed by atoms with Gasteiger partial charge in [-0.05, 0) is 19.9 Å². The molecule has 2 heterocycles. The molecule has 1 amide bonds. The minimum absolute atomic E-state index is 0.0448. The second-order valence-electron chi connectivity index (χ2n) is 6.45. The SMILES string of the molecule is CN1CCN(C(=O)C2COCCO2)C2(CCCCC2)C1. The van der Waals surface area contributed by atoms with Crippen LogP contribution in [0.3, 0.4) is 0 Å². The zero-order chi connectivity index (χ0) is 14.0. The number of ether oxygens (including phenoxy) is 2. The summed E-state index contributed by atoms with van der Waals surface area (Å²) in [6.07, 6.45) is 5.66. The Bertz CT molecular complexity index is 349. The minimum Gasteiger partial charge on any atom is -0.376 e. The second kappa shape index (κ2) is 6.00. The Morgan fingerprint density at radius 1 is 1.15 bits per heavy atom. The Balaban J connectivity index is 1.76. The van der Waals surface area contributed by atoms with Gasteiger partial charge in [-0.15, -0.1) is 0 Å². The summed E-state index contributed by atoms with van der Waals surface area (Å²) in [6, 6.07) is 0. The Hall–Kier alpha value is -0.650. The summed E-state index contributed by atoms with van der Waals surface area (Å²) in [5.74, 6) is 0.153. The van der Waals surface area contributed by atoms with Crippen molar-refractivity contribution in [1.82, 2.24) is 9.80 Å². The van der Waals surface area contributed by atoms with Gasteiger partial charge in [-0.1, -0.05) is 19.3 Å². The zero-order valence-corrected chi connectivity index (χ0v) is 12.5. The van der Waals surface area contributed by atoms with Crippen molar-refractivity contribution in [3.8, 4) is 0 Å². The highest BCUT2D eigenvalue weighted by molar-refractivity contribution is 5.82. The summed E-state index contributed by atoms with van der Waals surface area (Å²) >= 11 is 0. The van der Waals surface area contributed by atoms with Crippen LogP contribution in [0.15, 0.2) is 0 Å². The van der Waals surface area contributed by atoms with Gasteiger partial charge in [0, 0.05) is 19.6 Å². The first-order valence-electron chi connectivity index (χ1n) is 7.91. The third-order valence-electron chi connectivity index (χ3n) is 4.98. The molecule has 0 aromatic carbocycles. The Morgan fingerprint density at radius 3 is 2.65 bits per heavy atom. The molecular formula is C15H26N2O3. The topological polar surface area (TPSA) is 42.0 Å². The number of hydrogen-bond donors (Lipinski definition) is 0. The second-order valence-corrected chi connectivity index (χ2v) is 6.45. The van der Waals surface area contributed by atoms with Crippen LogP contribution >= 0.6 is 0 Å². The minimum atomic E-state index is -0.383. The highest BCUT2D eigenvalue weighted by Gasteiger charge is 2.45. The van der Waals surface area contributed by atoms with E-state index in [1.165, 1.54) is 19.3 Å². The molecule has 5 nitrogen and oxygen atoms in total. The van der Waals surface area contributed by atoms with Crippen molar-refractivity contribution >= 4 is 5.91 Å². The van der Waals surface area contributed by atoms with Crippen molar-refractivity contribution in [2.45, 2.75) is 43.7 Å². The normalized spacial score (nSPS) is 31.4. The standard InChI is InChI=1S/C15H26N2O3/c1-16-7-8-17(14(18)13-11-19-9-10-20-13)15(12-16)5-3-2-4-6-15/h13H,2-12H2,1H3. The number of amides is 1. The van der Waals surface area contributed by atoms with Crippen LogP contribution in [-0.2, 0) is 14.3 Å². The first-order valence-corrected chi connectivity index (χ1v) is 7.91. The van der Waals surface area contributed by atoms with Crippen molar-refractivity contribution in [2.24, 2.45) is 0 Å². The highest BCUT2D eigenvalue weighted by atomic mass is 16.6. The quantitative estimate of drug-likeness (QED) is 0.716. The van der Waals surface area contributed by atoms with Gasteiger partial charge in [0.25, 0.3) is 5.91 Å². The van der Waals surface area contributed by atoms with Crippen LogP contribution in [-0.4, -0.2) is 73.9 Å². The molecule has 2 aliphatic heterocycles. The van der Waals surface area contributed by atoms with Crippen LogP contribution in [0.5, 0.6) is 0 Å². The molecule has 1 saturated carbocycles. The maximum atomic E-state index is 12.8. The average Bonchev–Trinajstić information content (AvgIpc) is 2.48. The molecule has 1 atom stereocenters. The average molecular weight is 282 g/mol. The van der Waals surface area contributed by atoms with Gasteiger partial charge in [0.05, 0.1) is 25.4 Å². The lowest BCUT2D eigenvalue weighted by molar-refractivity contribution is -0.169. The number of hydrogen-bond acceptors (Lipinski definition) is 4. The highest BCUT2D eigenvalue weighted by Crippen LogP contribution is 2.36. The summed E-state index contributed by atoms with van der Waals surface area (Å²) < 4.78 is 11.0. The lowest BCUT2D eigenvalue weighted by Gasteiger charge is -2.53. The lowest BCUT2D eigenvalue weighted by atomic mass is 9.78. The van der Waals surface area contributed by atoms with Gasteiger partial charge in [0.15, 0.2) is 6.10 Å². The fourth-order valence-electron chi connectivity index (χ4n) is 3.96. The van der Waals surface area contributed by atoms with Gasteiger partial charge in [0.1, 0.15) is 0 Å². The van der Waals surface area contributed by atoms with E-state index < -0.39 is 0 Å². The van der Waals surface area contributed by atoms with E-state index in [2.05, 4.69) is 16.8 Å². The zero-order valence-electron chi connectivity index (χ0n) is 12.5. The van der Waals surface area contributed by atoms with E-state index in [-0.39, 0.29) is 17.6 Å². The van der Waals surface area contributed by atoms with Gasteiger partial charge in [-0.25, -0.2) is 0 Å². The molecule has 1 spiro atoms. The molecule has 3 aliphatic rings. The van der Waals surface area contributed by atoms with E-state index in [0.717, 1.165) is 32.5 Å². The van der Waals surface area contributed by atoms with Gasteiger partial charge in [0.2, 0.25) is 0 Å². The third-order valence-corrected chi connectivity index (χ3v) is 4.98. The summed E-state index contributed by atoms with van der Waals surface area (Å²) in [6.45, 7) is 4.36.